The predicted molar refractivity (Wildman–Crippen MR) is 70.8 cm³/mol. The summed E-state index contributed by atoms with van der Waals surface area (Å²) in [6, 6.07) is 6.99. The predicted octanol–water partition coefficient (Wildman–Crippen LogP) is 2.68. The fourth-order valence-corrected chi connectivity index (χ4v) is 2.41. The molecule has 0 spiro atoms. The van der Waals surface area contributed by atoms with E-state index < -0.39 is 0 Å². The summed E-state index contributed by atoms with van der Waals surface area (Å²) < 4.78 is 0. The third-order valence-electron chi connectivity index (χ3n) is 3.33. The Kier molecular flexibility index (Phi) is 3.29. The molecule has 1 atom stereocenters. The molecule has 1 aliphatic rings. The zero-order chi connectivity index (χ0) is 13.2. The van der Waals surface area contributed by atoms with Gasteiger partial charge < -0.3 is 0 Å². The molecule has 0 radical (unpaired) electrons. The van der Waals surface area contributed by atoms with Gasteiger partial charge in [0.25, 0.3) is 0 Å². The van der Waals surface area contributed by atoms with Crippen LogP contribution in [0.15, 0.2) is 24.3 Å². The van der Waals surface area contributed by atoms with Crippen LogP contribution in [0.4, 0.5) is 0 Å². The van der Waals surface area contributed by atoms with Gasteiger partial charge in [-0.1, -0.05) is 18.0 Å². The third kappa shape index (κ3) is 2.51. The Bertz CT molecular complexity index is 593. The smallest absolute Gasteiger partial charge is 0.204 e. The number of Topliss-reactive ketones (excluding diaryl/α,β-unsaturated/α-hetero) is 1. The zero-order valence-corrected chi connectivity index (χ0v) is 11.0. The Balaban J connectivity index is 1.86. The van der Waals surface area contributed by atoms with Crippen LogP contribution < -0.4 is 0 Å². The van der Waals surface area contributed by atoms with E-state index in [9.17, 15) is 4.79 Å². The van der Waals surface area contributed by atoms with Crippen molar-refractivity contribution in [2.24, 2.45) is 0 Å². The lowest BCUT2D eigenvalue weighted by Gasteiger charge is -2.18. The van der Waals surface area contributed by atoms with E-state index in [2.05, 4.69) is 15.4 Å². The van der Waals surface area contributed by atoms with Crippen LogP contribution in [0.25, 0.3) is 11.4 Å². The van der Waals surface area contributed by atoms with E-state index in [4.69, 9.17) is 11.6 Å². The average Bonchev–Trinajstić information content (AvgIpc) is 2.89. The Morgan fingerprint density at radius 3 is 2.74 bits per heavy atom. The van der Waals surface area contributed by atoms with E-state index in [1.54, 1.807) is 12.1 Å². The van der Waals surface area contributed by atoms with Gasteiger partial charge in [0, 0.05) is 17.0 Å². The molecule has 1 saturated carbocycles. The molecule has 0 unspecified atom stereocenters. The molecular formula is C13H13ClN4O. The van der Waals surface area contributed by atoms with Crippen LogP contribution in [0.5, 0.6) is 0 Å². The quantitative estimate of drug-likeness (QED) is 0.846. The molecular weight excluding hydrogens is 264 g/mol. The van der Waals surface area contributed by atoms with Crippen LogP contribution in [0.2, 0.25) is 5.02 Å². The third-order valence-corrected chi connectivity index (χ3v) is 3.58. The molecule has 1 aromatic carbocycles. The summed E-state index contributed by atoms with van der Waals surface area (Å²) in [6.07, 6.45) is 3.42. The Morgan fingerprint density at radius 2 is 2.00 bits per heavy atom. The molecule has 1 heterocycles. The molecule has 0 saturated heterocycles. The van der Waals surface area contributed by atoms with Gasteiger partial charge in [-0.3, -0.25) is 4.79 Å². The average molecular weight is 277 g/mol. The highest BCUT2D eigenvalue weighted by molar-refractivity contribution is 6.30. The number of rotatable bonds is 2. The van der Waals surface area contributed by atoms with Gasteiger partial charge in [-0.25, -0.2) is 0 Å². The van der Waals surface area contributed by atoms with Crippen LogP contribution in [0, 0.1) is 0 Å². The highest BCUT2D eigenvalue weighted by Crippen LogP contribution is 2.24. The minimum Gasteiger partial charge on any atom is -0.297 e. The van der Waals surface area contributed by atoms with E-state index in [0.717, 1.165) is 24.8 Å². The van der Waals surface area contributed by atoms with Gasteiger partial charge in [-0.15, -0.1) is 10.2 Å². The molecule has 1 fully saturated rings. The first kappa shape index (κ1) is 12.3. The molecule has 1 aliphatic carbocycles. The van der Waals surface area contributed by atoms with Crippen molar-refractivity contribution in [1.29, 1.82) is 0 Å². The molecule has 0 amide bonds. The molecule has 0 aliphatic heterocycles. The van der Waals surface area contributed by atoms with Crippen LogP contribution in [0.1, 0.15) is 31.7 Å². The minimum atomic E-state index is -0.248. The number of halogens is 1. The number of tetrazole rings is 1. The maximum Gasteiger partial charge on any atom is 0.204 e. The molecule has 0 bridgehead atoms. The van der Waals surface area contributed by atoms with E-state index in [0.29, 0.717) is 17.3 Å². The topological polar surface area (TPSA) is 60.7 Å². The number of aromatic nitrogens is 4. The maximum atomic E-state index is 11.8. The Morgan fingerprint density at radius 1 is 1.21 bits per heavy atom. The monoisotopic (exact) mass is 276 g/mol. The van der Waals surface area contributed by atoms with Gasteiger partial charge >= 0.3 is 0 Å². The molecule has 19 heavy (non-hydrogen) atoms. The lowest BCUT2D eigenvalue weighted by Crippen LogP contribution is -2.25. The molecule has 3 rings (SSSR count). The molecule has 6 heteroatoms. The molecule has 0 N–H and O–H groups in total. The summed E-state index contributed by atoms with van der Waals surface area (Å²) in [6.45, 7) is 0. The van der Waals surface area contributed by atoms with Gasteiger partial charge in [0.15, 0.2) is 5.78 Å². The van der Waals surface area contributed by atoms with Crippen LogP contribution in [-0.2, 0) is 4.79 Å². The zero-order valence-electron chi connectivity index (χ0n) is 10.3. The highest BCUT2D eigenvalue weighted by Gasteiger charge is 2.26. The molecule has 1 aromatic heterocycles. The van der Waals surface area contributed by atoms with E-state index >= 15 is 0 Å². The van der Waals surface area contributed by atoms with E-state index in [-0.39, 0.29) is 11.8 Å². The van der Waals surface area contributed by atoms with Crippen molar-refractivity contribution < 1.29 is 4.79 Å². The standard InChI is InChI=1S/C13H13ClN4O/c14-10-7-5-9(6-8-10)13-15-17-18(16-13)11-3-1-2-4-12(11)19/h5-8,11H,1-4H2/t11-/m0/s1. The van der Waals surface area contributed by atoms with E-state index in [1.165, 1.54) is 4.80 Å². The summed E-state index contributed by atoms with van der Waals surface area (Å²) >= 11 is 5.84. The summed E-state index contributed by atoms with van der Waals surface area (Å²) in [7, 11) is 0. The first-order chi connectivity index (χ1) is 9.24. The summed E-state index contributed by atoms with van der Waals surface area (Å²) in [4.78, 5) is 13.3. The van der Waals surface area contributed by atoms with Crippen LogP contribution >= 0.6 is 11.6 Å². The minimum absolute atomic E-state index is 0.200. The Labute approximate surface area is 115 Å². The van der Waals surface area contributed by atoms with Crippen molar-refractivity contribution in [1.82, 2.24) is 20.2 Å². The van der Waals surface area contributed by atoms with Gasteiger partial charge in [-0.2, -0.15) is 4.80 Å². The largest absolute Gasteiger partial charge is 0.297 e. The SMILES string of the molecule is O=C1CCCC[C@@H]1n1nnc(-c2ccc(Cl)cc2)n1. The highest BCUT2D eigenvalue weighted by atomic mass is 35.5. The fourth-order valence-electron chi connectivity index (χ4n) is 2.28. The number of ketones is 1. The molecule has 98 valence electrons. The lowest BCUT2D eigenvalue weighted by atomic mass is 9.95. The van der Waals surface area contributed by atoms with Crippen molar-refractivity contribution in [3.05, 3.63) is 29.3 Å². The molecule has 5 nitrogen and oxygen atoms in total. The second kappa shape index (κ2) is 5.09. The van der Waals surface area contributed by atoms with Crippen molar-refractivity contribution in [3.63, 3.8) is 0 Å². The van der Waals surface area contributed by atoms with Gasteiger partial charge in [0.05, 0.1) is 0 Å². The number of hydrogen-bond acceptors (Lipinski definition) is 4. The molecule has 2 aromatic rings. The second-order valence-electron chi connectivity index (χ2n) is 4.67. The maximum absolute atomic E-state index is 11.8. The van der Waals surface area contributed by atoms with E-state index in [1.807, 2.05) is 12.1 Å². The first-order valence-corrected chi connectivity index (χ1v) is 6.70. The van der Waals surface area contributed by atoms with Crippen molar-refractivity contribution in [3.8, 4) is 11.4 Å². The number of benzene rings is 1. The lowest BCUT2D eigenvalue weighted by molar-refractivity contribution is -0.124. The van der Waals surface area contributed by atoms with Crippen molar-refractivity contribution in [2.75, 3.05) is 0 Å². The van der Waals surface area contributed by atoms with Gasteiger partial charge in [0.1, 0.15) is 6.04 Å². The summed E-state index contributed by atoms with van der Waals surface area (Å²) in [5.74, 6) is 0.723. The van der Waals surface area contributed by atoms with Crippen molar-refractivity contribution in [2.45, 2.75) is 31.7 Å². The normalized spacial score (nSPS) is 19.6. The van der Waals surface area contributed by atoms with Gasteiger partial charge in [0.2, 0.25) is 5.82 Å². The number of carbonyl (C=O) groups excluding carboxylic acids is 1. The number of hydrogen-bond donors (Lipinski definition) is 0. The van der Waals surface area contributed by atoms with Crippen LogP contribution in [-0.4, -0.2) is 26.0 Å². The summed E-state index contributed by atoms with van der Waals surface area (Å²) in [5.41, 5.74) is 0.846. The van der Waals surface area contributed by atoms with Gasteiger partial charge in [-0.05, 0) is 42.3 Å². The van der Waals surface area contributed by atoms with Crippen molar-refractivity contribution >= 4 is 17.4 Å². The second-order valence-corrected chi connectivity index (χ2v) is 5.10. The first-order valence-electron chi connectivity index (χ1n) is 6.32. The number of carbonyl (C=O) groups is 1. The number of nitrogens with zero attached hydrogens (tertiary/aromatic N) is 4. The fraction of sp³-hybridized carbons (Fsp3) is 0.385. The van der Waals surface area contributed by atoms with Crippen LogP contribution in [0.3, 0.4) is 0 Å². The Hall–Kier alpha value is -1.75. The summed E-state index contributed by atoms with van der Waals surface area (Å²) in [5, 5.41) is 13.0.